The third-order valence-corrected chi connectivity index (χ3v) is 3.79. The van der Waals surface area contributed by atoms with Crippen LogP contribution in [0.2, 0.25) is 6.32 Å². The van der Waals surface area contributed by atoms with Crippen molar-refractivity contribution in [2.24, 2.45) is 0 Å². The highest BCUT2D eigenvalue weighted by atomic mass is 32.2. The first-order valence-electron chi connectivity index (χ1n) is 4.57. The van der Waals surface area contributed by atoms with Crippen molar-refractivity contribution >= 4 is 17.0 Å². The van der Waals surface area contributed by atoms with E-state index in [2.05, 4.69) is 0 Å². The Balaban J connectivity index is 2.82. The Morgan fingerprint density at radius 2 is 1.73 bits per heavy atom. The van der Waals surface area contributed by atoms with Crippen molar-refractivity contribution in [3.05, 3.63) is 29.8 Å². The third kappa shape index (κ3) is 3.66. The van der Waals surface area contributed by atoms with Gasteiger partial charge in [0.25, 0.3) is 0 Å². The molecule has 6 heteroatoms. The van der Waals surface area contributed by atoms with Crippen molar-refractivity contribution in [3.8, 4) is 0 Å². The van der Waals surface area contributed by atoms with Crippen LogP contribution in [0.3, 0.4) is 0 Å². The number of sulfone groups is 1. The van der Waals surface area contributed by atoms with Crippen molar-refractivity contribution in [3.63, 3.8) is 0 Å². The first kappa shape index (κ1) is 12.2. The molecule has 0 saturated carbocycles. The van der Waals surface area contributed by atoms with Crippen molar-refractivity contribution in [2.45, 2.75) is 18.1 Å². The highest BCUT2D eigenvalue weighted by Crippen LogP contribution is 2.13. The molecule has 1 rings (SSSR count). The summed E-state index contributed by atoms with van der Waals surface area (Å²) >= 11 is 0. The SMILES string of the molecule is Cc1ccc(S(=O)(=O)CCB(O)O)cc1. The molecule has 0 fully saturated rings. The van der Waals surface area contributed by atoms with E-state index in [1.165, 1.54) is 12.1 Å². The van der Waals surface area contributed by atoms with Crippen molar-refractivity contribution in [1.29, 1.82) is 0 Å². The van der Waals surface area contributed by atoms with Gasteiger partial charge in [-0.3, -0.25) is 0 Å². The molecule has 0 spiro atoms. The van der Waals surface area contributed by atoms with Gasteiger partial charge in [-0.25, -0.2) is 8.42 Å². The van der Waals surface area contributed by atoms with E-state index in [-0.39, 0.29) is 17.0 Å². The molecule has 15 heavy (non-hydrogen) atoms. The second-order valence-electron chi connectivity index (χ2n) is 3.40. The van der Waals surface area contributed by atoms with Gasteiger partial charge in [-0.05, 0) is 25.4 Å². The molecule has 0 bridgehead atoms. The van der Waals surface area contributed by atoms with Crippen LogP contribution in [-0.4, -0.2) is 31.3 Å². The smallest absolute Gasteiger partial charge is 0.427 e. The van der Waals surface area contributed by atoms with Gasteiger partial charge in [-0.2, -0.15) is 0 Å². The fourth-order valence-electron chi connectivity index (χ4n) is 1.12. The number of hydrogen-bond acceptors (Lipinski definition) is 4. The normalized spacial score (nSPS) is 11.4. The van der Waals surface area contributed by atoms with Gasteiger partial charge in [0.15, 0.2) is 9.84 Å². The minimum absolute atomic E-state index is 0.170. The van der Waals surface area contributed by atoms with Gasteiger partial charge < -0.3 is 10.0 Å². The van der Waals surface area contributed by atoms with E-state index in [0.717, 1.165) is 5.56 Å². The summed E-state index contributed by atoms with van der Waals surface area (Å²) in [6.45, 7) is 1.87. The summed E-state index contributed by atoms with van der Waals surface area (Å²) in [6.07, 6.45) is -0.170. The molecule has 0 aromatic heterocycles. The van der Waals surface area contributed by atoms with E-state index in [4.69, 9.17) is 10.0 Å². The Morgan fingerprint density at radius 1 is 1.20 bits per heavy atom. The Kier molecular flexibility index (Phi) is 3.90. The summed E-state index contributed by atoms with van der Waals surface area (Å²) in [5.41, 5.74) is 0.983. The van der Waals surface area contributed by atoms with Crippen LogP contribution in [0.4, 0.5) is 0 Å². The molecular weight excluding hydrogens is 215 g/mol. The minimum Gasteiger partial charge on any atom is -0.427 e. The molecule has 0 amide bonds. The lowest BCUT2D eigenvalue weighted by Crippen LogP contribution is -2.17. The topological polar surface area (TPSA) is 74.6 Å². The number of hydrogen-bond donors (Lipinski definition) is 2. The van der Waals surface area contributed by atoms with Gasteiger partial charge in [0.2, 0.25) is 0 Å². The van der Waals surface area contributed by atoms with Crippen molar-refractivity contribution < 1.29 is 18.5 Å². The zero-order valence-corrected chi connectivity index (χ0v) is 9.24. The van der Waals surface area contributed by atoms with Gasteiger partial charge >= 0.3 is 7.12 Å². The molecule has 0 saturated heterocycles. The minimum atomic E-state index is -3.39. The fraction of sp³-hybridized carbons (Fsp3) is 0.333. The maximum atomic E-state index is 11.6. The van der Waals surface area contributed by atoms with Crippen LogP contribution >= 0.6 is 0 Å². The average Bonchev–Trinajstić information content (AvgIpc) is 2.16. The Bertz CT molecular complexity index is 410. The third-order valence-electron chi connectivity index (χ3n) is 2.02. The summed E-state index contributed by atoms with van der Waals surface area (Å²) in [4.78, 5) is 0.216. The lowest BCUT2D eigenvalue weighted by Gasteiger charge is -2.04. The molecule has 0 aliphatic carbocycles. The van der Waals surface area contributed by atoms with Crippen LogP contribution < -0.4 is 0 Å². The van der Waals surface area contributed by atoms with Crippen molar-refractivity contribution in [1.82, 2.24) is 0 Å². The maximum absolute atomic E-state index is 11.6. The van der Waals surface area contributed by atoms with Crippen LogP contribution in [-0.2, 0) is 9.84 Å². The quantitative estimate of drug-likeness (QED) is 0.724. The maximum Gasteiger partial charge on any atom is 0.452 e. The largest absolute Gasteiger partial charge is 0.452 e. The Hall–Kier alpha value is -0.845. The number of aryl methyl sites for hydroxylation is 1. The average molecular weight is 228 g/mol. The highest BCUT2D eigenvalue weighted by Gasteiger charge is 2.17. The molecule has 0 atom stereocenters. The Morgan fingerprint density at radius 3 is 2.20 bits per heavy atom. The molecule has 0 unspecified atom stereocenters. The molecule has 0 radical (unpaired) electrons. The zero-order chi connectivity index (χ0) is 11.5. The summed E-state index contributed by atoms with van der Waals surface area (Å²) in [6, 6.07) is 6.47. The first-order valence-corrected chi connectivity index (χ1v) is 6.22. The van der Waals surface area contributed by atoms with E-state index in [1.807, 2.05) is 6.92 Å². The van der Waals surface area contributed by atoms with Crippen LogP contribution in [0.5, 0.6) is 0 Å². The van der Waals surface area contributed by atoms with E-state index >= 15 is 0 Å². The zero-order valence-electron chi connectivity index (χ0n) is 8.42. The van der Waals surface area contributed by atoms with E-state index in [9.17, 15) is 8.42 Å². The number of rotatable bonds is 4. The first-order chi connectivity index (χ1) is 6.92. The van der Waals surface area contributed by atoms with Gasteiger partial charge in [0.05, 0.1) is 10.6 Å². The summed E-state index contributed by atoms with van der Waals surface area (Å²) < 4.78 is 23.3. The van der Waals surface area contributed by atoms with Crippen molar-refractivity contribution in [2.75, 3.05) is 5.75 Å². The van der Waals surface area contributed by atoms with E-state index in [0.29, 0.717) is 0 Å². The van der Waals surface area contributed by atoms with E-state index in [1.54, 1.807) is 12.1 Å². The molecule has 0 aliphatic heterocycles. The van der Waals surface area contributed by atoms with Crippen LogP contribution in [0, 0.1) is 6.92 Å². The van der Waals surface area contributed by atoms with E-state index < -0.39 is 17.0 Å². The summed E-state index contributed by atoms with van der Waals surface area (Å²) in [5, 5.41) is 17.2. The molecule has 82 valence electrons. The lowest BCUT2D eigenvalue weighted by atomic mass is 9.88. The second-order valence-corrected chi connectivity index (χ2v) is 5.51. The molecule has 1 aromatic rings. The van der Waals surface area contributed by atoms with Gasteiger partial charge in [0, 0.05) is 0 Å². The molecule has 0 aliphatic rings. The Labute approximate surface area is 89.6 Å². The molecule has 2 N–H and O–H groups in total. The fourth-order valence-corrected chi connectivity index (χ4v) is 2.43. The predicted octanol–water partition coefficient (Wildman–Crippen LogP) is 0.242. The molecular formula is C9H13BO4S. The standard InChI is InChI=1S/C9H13BO4S/c1-8-2-4-9(5-3-8)15(13,14)7-6-10(11)12/h2-5,11-12H,6-7H2,1H3. The molecule has 4 nitrogen and oxygen atoms in total. The van der Waals surface area contributed by atoms with Crippen LogP contribution in [0.1, 0.15) is 5.56 Å². The van der Waals surface area contributed by atoms with Crippen LogP contribution in [0.25, 0.3) is 0 Å². The second kappa shape index (κ2) is 4.78. The number of benzene rings is 1. The summed E-state index contributed by atoms with van der Waals surface area (Å²) in [7, 11) is -4.97. The van der Waals surface area contributed by atoms with Gasteiger partial charge in [-0.1, -0.05) is 17.7 Å². The van der Waals surface area contributed by atoms with Gasteiger partial charge in [-0.15, -0.1) is 0 Å². The summed E-state index contributed by atoms with van der Waals surface area (Å²) in [5.74, 6) is -0.256. The monoisotopic (exact) mass is 228 g/mol. The van der Waals surface area contributed by atoms with Gasteiger partial charge in [0.1, 0.15) is 0 Å². The predicted molar refractivity (Wildman–Crippen MR) is 58.2 cm³/mol. The lowest BCUT2D eigenvalue weighted by molar-refractivity contribution is 0.408. The van der Waals surface area contributed by atoms with Crippen LogP contribution in [0.15, 0.2) is 29.2 Å². The highest BCUT2D eigenvalue weighted by molar-refractivity contribution is 7.91. The molecule has 1 aromatic carbocycles. The molecule has 0 heterocycles.